The van der Waals surface area contributed by atoms with Crippen LogP contribution in [-0.2, 0) is 10.0 Å². The fourth-order valence-corrected chi connectivity index (χ4v) is 4.29. The van der Waals surface area contributed by atoms with E-state index in [-0.39, 0.29) is 10.8 Å². The molecule has 7 heteroatoms. The van der Waals surface area contributed by atoms with Crippen molar-refractivity contribution in [1.29, 1.82) is 0 Å². The molecule has 1 aliphatic rings. The minimum Gasteiger partial charge on any atom is -0.352 e. The van der Waals surface area contributed by atoms with Crippen molar-refractivity contribution in [3.05, 3.63) is 59.7 Å². The van der Waals surface area contributed by atoms with E-state index < -0.39 is 10.0 Å². The third-order valence-electron chi connectivity index (χ3n) is 4.87. The summed E-state index contributed by atoms with van der Waals surface area (Å²) in [6.45, 7) is 5.87. The highest BCUT2D eigenvalue weighted by molar-refractivity contribution is 7.92. The van der Waals surface area contributed by atoms with Crippen LogP contribution in [0.25, 0.3) is 0 Å². The van der Waals surface area contributed by atoms with Crippen molar-refractivity contribution in [3.8, 4) is 0 Å². The number of nitrogens with one attached hydrogen (secondary N) is 2. The number of hydrogen-bond donors (Lipinski definition) is 2. The van der Waals surface area contributed by atoms with Crippen LogP contribution in [0.1, 0.15) is 35.2 Å². The molecule has 2 N–H and O–H groups in total. The molecule has 1 heterocycles. The largest absolute Gasteiger partial charge is 0.352 e. The number of anilines is 1. The Bertz CT molecular complexity index is 887. The molecule has 6 nitrogen and oxygen atoms in total. The first-order valence-electron chi connectivity index (χ1n) is 9.64. The van der Waals surface area contributed by atoms with E-state index in [1.165, 1.54) is 12.8 Å². The molecule has 28 heavy (non-hydrogen) atoms. The van der Waals surface area contributed by atoms with Gasteiger partial charge in [-0.15, -0.1) is 0 Å². The molecule has 1 amide bonds. The van der Waals surface area contributed by atoms with E-state index in [0.717, 1.165) is 31.6 Å². The molecule has 0 bridgehead atoms. The first kappa shape index (κ1) is 20.4. The van der Waals surface area contributed by atoms with Crippen LogP contribution in [-0.4, -0.2) is 45.4 Å². The Hall–Kier alpha value is -2.38. The third kappa shape index (κ3) is 5.56. The van der Waals surface area contributed by atoms with Crippen molar-refractivity contribution >= 4 is 21.6 Å². The number of carbonyl (C=O) groups excluding carboxylic acids is 1. The fraction of sp³-hybridized carbons (Fsp3) is 0.381. The summed E-state index contributed by atoms with van der Waals surface area (Å²) in [7, 11) is -3.64. The zero-order valence-corrected chi connectivity index (χ0v) is 17.0. The molecule has 2 aromatic carbocycles. The predicted octanol–water partition coefficient (Wildman–Crippen LogP) is 3.01. The average molecular weight is 402 g/mol. The van der Waals surface area contributed by atoms with Gasteiger partial charge in [-0.05, 0) is 82.2 Å². The molecule has 0 radical (unpaired) electrons. The Labute approximate surface area is 167 Å². The Balaban J connectivity index is 1.51. The van der Waals surface area contributed by atoms with Crippen LogP contribution in [0.3, 0.4) is 0 Å². The quantitative estimate of drug-likeness (QED) is 0.667. The van der Waals surface area contributed by atoms with Gasteiger partial charge in [0.05, 0.1) is 4.90 Å². The smallest absolute Gasteiger partial charge is 0.261 e. The molecule has 1 aliphatic heterocycles. The van der Waals surface area contributed by atoms with Crippen molar-refractivity contribution in [2.45, 2.75) is 31.1 Å². The predicted molar refractivity (Wildman–Crippen MR) is 111 cm³/mol. The van der Waals surface area contributed by atoms with E-state index in [9.17, 15) is 13.2 Å². The second kappa shape index (κ2) is 9.21. The van der Waals surface area contributed by atoms with Crippen molar-refractivity contribution in [2.75, 3.05) is 30.9 Å². The van der Waals surface area contributed by atoms with Crippen LogP contribution in [0.2, 0.25) is 0 Å². The minimum absolute atomic E-state index is 0.144. The molecule has 1 saturated heterocycles. The molecule has 0 atom stereocenters. The van der Waals surface area contributed by atoms with Crippen molar-refractivity contribution in [2.24, 2.45) is 0 Å². The Morgan fingerprint density at radius 3 is 2.29 bits per heavy atom. The molecule has 0 spiro atoms. The van der Waals surface area contributed by atoms with E-state index in [4.69, 9.17) is 0 Å². The number of carbonyl (C=O) groups is 1. The first-order valence-corrected chi connectivity index (χ1v) is 11.1. The van der Waals surface area contributed by atoms with E-state index >= 15 is 0 Å². The summed E-state index contributed by atoms with van der Waals surface area (Å²) in [5.74, 6) is -0.144. The van der Waals surface area contributed by atoms with Gasteiger partial charge in [0.2, 0.25) is 0 Å². The molecule has 0 aromatic heterocycles. The minimum atomic E-state index is -3.64. The van der Waals surface area contributed by atoms with Gasteiger partial charge in [-0.1, -0.05) is 17.7 Å². The van der Waals surface area contributed by atoms with Crippen molar-refractivity contribution in [1.82, 2.24) is 10.2 Å². The topological polar surface area (TPSA) is 78.5 Å². The molecule has 0 unspecified atom stereocenters. The Kier molecular flexibility index (Phi) is 6.70. The summed E-state index contributed by atoms with van der Waals surface area (Å²) < 4.78 is 27.4. The summed E-state index contributed by atoms with van der Waals surface area (Å²) in [6.07, 6.45) is 3.47. The summed E-state index contributed by atoms with van der Waals surface area (Å²) in [4.78, 5) is 14.9. The summed E-state index contributed by atoms with van der Waals surface area (Å²) in [5.41, 5.74) is 1.93. The molecule has 3 rings (SSSR count). The lowest BCUT2D eigenvalue weighted by Gasteiger charge is -2.14. The lowest BCUT2D eigenvalue weighted by atomic mass is 10.2. The number of sulfonamides is 1. The van der Waals surface area contributed by atoms with Crippen LogP contribution >= 0.6 is 0 Å². The van der Waals surface area contributed by atoms with Gasteiger partial charge in [-0.3, -0.25) is 9.52 Å². The van der Waals surface area contributed by atoms with E-state index in [2.05, 4.69) is 14.9 Å². The maximum Gasteiger partial charge on any atom is 0.261 e. The van der Waals surface area contributed by atoms with Crippen LogP contribution in [0, 0.1) is 6.92 Å². The highest BCUT2D eigenvalue weighted by Gasteiger charge is 2.14. The van der Waals surface area contributed by atoms with Crippen LogP contribution in [0.4, 0.5) is 5.69 Å². The Morgan fingerprint density at radius 2 is 1.64 bits per heavy atom. The molecule has 0 saturated carbocycles. The number of benzene rings is 2. The van der Waals surface area contributed by atoms with Gasteiger partial charge < -0.3 is 10.2 Å². The first-order chi connectivity index (χ1) is 13.4. The standard InChI is InChI=1S/C21H27N3O3S/c1-17-5-11-20(12-6-17)28(26,27)23-19-9-7-18(8-10-19)21(25)22-13-4-16-24-14-2-3-15-24/h5-12,23H,2-4,13-16H2,1H3,(H,22,25). The van der Waals surface area contributed by atoms with Gasteiger partial charge in [-0.2, -0.15) is 0 Å². The van der Waals surface area contributed by atoms with Crippen LogP contribution in [0.15, 0.2) is 53.4 Å². The van der Waals surface area contributed by atoms with Crippen molar-refractivity contribution < 1.29 is 13.2 Å². The molecular weight excluding hydrogens is 374 g/mol. The lowest BCUT2D eigenvalue weighted by molar-refractivity contribution is 0.0952. The summed E-state index contributed by atoms with van der Waals surface area (Å²) in [5, 5.41) is 2.92. The number of likely N-dealkylation sites (tertiary alicyclic amines) is 1. The van der Waals surface area contributed by atoms with Gasteiger partial charge >= 0.3 is 0 Å². The highest BCUT2D eigenvalue weighted by atomic mass is 32.2. The average Bonchev–Trinajstić information content (AvgIpc) is 3.19. The van der Waals surface area contributed by atoms with Gasteiger partial charge in [0.15, 0.2) is 0 Å². The molecule has 0 aliphatic carbocycles. The number of amides is 1. The van der Waals surface area contributed by atoms with Crippen LogP contribution < -0.4 is 10.0 Å². The molecule has 1 fully saturated rings. The molecular formula is C21H27N3O3S. The zero-order chi connectivity index (χ0) is 20.0. The van der Waals surface area contributed by atoms with Gasteiger partial charge in [0.1, 0.15) is 0 Å². The monoisotopic (exact) mass is 401 g/mol. The maximum absolute atomic E-state index is 12.4. The third-order valence-corrected chi connectivity index (χ3v) is 6.26. The van der Waals surface area contributed by atoms with E-state index in [1.807, 2.05) is 6.92 Å². The van der Waals surface area contributed by atoms with Crippen LogP contribution in [0.5, 0.6) is 0 Å². The number of nitrogens with zero attached hydrogens (tertiary/aromatic N) is 1. The van der Waals surface area contributed by atoms with E-state index in [1.54, 1.807) is 48.5 Å². The van der Waals surface area contributed by atoms with Gasteiger partial charge in [-0.25, -0.2) is 8.42 Å². The second-order valence-electron chi connectivity index (χ2n) is 7.15. The summed E-state index contributed by atoms with van der Waals surface area (Å²) in [6, 6.07) is 13.1. The zero-order valence-electron chi connectivity index (χ0n) is 16.1. The SMILES string of the molecule is Cc1ccc(S(=O)(=O)Nc2ccc(C(=O)NCCCN3CCCC3)cc2)cc1. The fourth-order valence-electron chi connectivity index (χ4n) is 3.23. The highest BCUT2D eigenvalue weighted by Crippen LogP contribution is 2.17. The summed E-state index contributed by atoms with van der Waals surface area (Å²) >= 11 is 0. The number of rotatable bonds is 8. The van der Waals surface area contributed by atoms with Gasteiger partial charge in [0.25, 0.3) is 15.9 Å². The number of aryl methyl sites for hydroxylation is 1. The number of hydrogen-bond acceptors (Lipinski definition) is 4. The second-order valence-corrected chi connectivity index (χ2v) is 8.84. The Morgan fingerprint density at radius 1 is 1.00 bits per heavy atom. The van der Waals surface area contributed by atoms with Crippen molar-refractivity contribution in [3.63, 3.8) is 0 Å². The lowest BCUT2D eigenvalue weighted by Crippen LogP contribution is -2.28. The van der Waals surface area contributed by atoms with Gasteiger partial charge in [0, 0.05) is 17.8 Å². The van der Waals surface area contributed by atoms with E-state index in [0.29, 0.717) is 17.8 Å². The maximum atomic E-state index is 12.4. The molecule has 2 aromatic rings. The normalized spacial score (nSPS) is 14.8. The molecule has 150 valence electrons.